The van der Waals surface area contributed by atoms with Crippen molar-refractivity contribution >= 4 is 11.9 Å². The van der Waals surface area contributed by atoms with Gasteiger partial charge in [-0.25, -0.2) is 9.59 Å². The van der Waals surface area contributed by atoms with Crippen LogP contribution in [-0.2, 0) is 28.5 Å². The minimum absolute atomic E-state index is 0.573. The van der Waals surface area contributed by atoms with Gasteiger partial charge in [0.1, 0.15) is 12.4 Å². The molecule has 0 spiro atoms. The van der Waals surface area contributed by atoms with Gasteiger partial charge in [-0.15, -0.1) is 0 Å². The minimum atomic E-state index is -1.18. The van der Waals surface area contributed by atoms with Crippen LogP contribution in [0.4, 0.5) is 0 Å². The summed E-state index contributed by atoms with van der Waals surface area (Å²) in [6.07, 6.45) is 9.22. The fraction of sp³-hybridized carbons (Fsp3) is 0.484. The van der Waals surface area contributed by atoms with E-state index < -0.39 is 30.4 Å². The molecule has 1 aliphatic heterocycles. The van der Waals surface area contributed by atoms with Crippen molar-refractivity contribution in [1.29, 1.82) is 0 Å². The summed E-state index contributed by atoms with van der Waals surface area (Å²) < 4.78 is 26.7. The van der Waals surface area contributed by atoms with E-state index in [2.05, 4.69) is 19.1 Å². The maximum atomic E-state index is 12.0. The Balaban J connectivity index is 1.28. The average Bonchev–Trinajstić information content (AvgIpc) is 3.42. The van der Waals surface area contributed by atoms with Crippen molar-refractivity contribution in [3.8, 4) is 16.9 Å². The lowest BCUT2D eigenvalue weighted by Crippen LogP contribution is -2.38. The molecular formula is C31H38O7. The molecule has 2 atom stereocenters. The molecule has 0 radical (unpaired) electrons. The van der Waals surface area contributed by atoms with Crippen LogP contribution in [0, 0.1) is 11.8 Å². The second-order valence-electron chi connectivity index (χ2n) is 9.95. The summed E-state index contributed by atoms with van der Waals surface area (Å²) in [7, 11) is 2.46. The van der Waals surface area contributed by atoms with Gasteiger partial charge in [0.25, 0.3) is 0 Å². The zero-order chi connectivity index (χ0) is 26.9. The summed E-state index contributed by atoms with van der Waals surface area (Å²) in [6.45, 7) is 2.85. The minimum Gasteiger partial charge on any atom is -0.490 e. The van der Waals surface area contributed by atoms with Gasteiger partial charge in [-0.1, -0.05) is 68.3 Å². The third-order valence-corrected chi connectivity index (χ3v) is 7.40. The van der Waals surface area contributed by atoms with E-state index in [1.165, 1.54) is 52.7 Å². The largest absolute Gasteiger partial charge is 0.490 e. The van der Waals surface area contributed by atoms with Crippen LogP contribution in [-0.4, -0.2) is 45.0 Å². The number of methoxy groups -OCH3 is 2. The lowest BCUT2D eigenvalue weighted by atomic mass is 9.80. The van der Waals surface area contributed by atoms with Gasteiger partial charge in [0.05, 0.1) is 14.2 Å². The zero-order valence-corrected chi connectivity index (χ0v) is 22.5. The molecule has 204 valence electrons. The third kappa shape index (κ3) is 7.03. The number of rotatable bonds is 10. The molecule has 1 aliphatic carbocycles. The molecule has 0 unspecified atom stereocenters. The Hall–Kier alpha value is -3.16. The molecule has 7 nitrogen and oxygen atoms in total. The van der Waals surface area contributed by atoms with Gasteiger partial charge in [0.2, 0.25) is 0 Å². The number of ether oxygens (including phenoxy) is 5. The molecule has 38 heavy (non-hydrogen) atoms. The molecule has 2 aromatic rings. The van der Waals surface area contributed by atoms with Gasteiger partial charge in [-0.2, -0.15) is 0 Å². The van der Waals surface area contributed by atoms with Crippen molar-refractivity contribution in [2.24, 2.45) is 11.8 Å². The molecule has 0 amide bonds. The summed E-state index contributed by atoms with van der Waals surface area (Å²) >= 11 is 0. The highest BCUT2D eigenvalue weighted by Gasteiger charge is 2.47. The van der Waals surface area contributed by atoms with Crippen LogP contribution < -0.4 is 4.74 Å². The first-order chi connectivity index (χ1) is 18.5. The van der Waals surface area contributed by atoms with Crippen molar-refractivity contribution in [2.45, 2.75) is 63.9 Å². The smallest absolute Gasteiger partial charge is 0.338 e. The van der Waals surface area contributed by atoms with Gasteiger partial charge >= 0.3 is 11.9 Å². The Kier molecular flexibility index (Phi) is 9.96. The van der Waals surface area contributed by atoms with Crippen LogP contribution in [0.5, 0.6) is 5.75 Å². The van der Waals surface area contributed by atoms with E-state index in [1.54, 1.807) is 0 Å². The van der Waals surface area contributed by atoms with E-state index in [0.29, 0.717) is 18.1 Å². The van der Waals surface area contributed by atoms with Gasteiger partial charge < -0.3 is 23.7 Å². The fourth-order valence-corrected chi connectivity index (χ4v) is 5.24. The lowest BCUT2D eigenvalue weighted by Gasteiger charge is -2.26. The SMILES string of the molecule is CCCC1CCC(C=CCOc2ccc(-c3ccc(C4O[C@@H](C(=O)OC)[C@H](C(=O)OC)O4)cc3)cc2)CC1. The predicted molar refractivity (Wildman–Crippen MR) is 143 cm³/mol. The Morgan fingerprint density at radius 2 is 1.39 bits per heavy atom. The summed E-state index contributed by atoms with van der Waals surface area (Å²) in [4.78, 5) is 24.1. The van der Waals surface area contributed by atoms with Crippen molar-refractivity contribution in [2.75, 3.05) is 20.8 Å². The highest BCUT2D eigenvalue weighted by Crippen LogP contribution is 2.34. The molecule has 1 heterocycles. The quantitative estimate of drug-likeness (QED) is 0.279. The molecule has 2 fully saturated rings. The van der Waals surface area contributed by atoms with Crippen LogP contribution in [0.15, 0.2) is 60.7 Å². The predicted octanol–water partition coefficient (Wildman–Crippen LogP) is 6.02. The summed E-state index contributed by atoms with van der Waals surface area (Å²) in [6, 6.07) is 15.6. The molecule has 7 heteroatoms. The van der Waals surface area contributed by atoms with Crippen molar-refractivity contribution in [3.05, 3.63) is 66.2 Å². The van der Waals surface area contributed by atoms with Gasteiger partial charge in [0.15, 0.2) is 18.5 Å². The number of allylic oxidation sites excluding steroid dienone is 1. The second-order valence-corrected chi connectivity index (χ2v) is 9.95. The number of esters is 2. The van der Waals surface area contributed by atoms with E-state index in [-0.39, 0.29) is 0 Å². The van der Waals surface area contributed by atoms with Crippen LogP contribution in [0.1, 0.15) is 57.3 Å². The first-order valence-corrected chi connectivity index (χ1v) is 13.5. The molecular weight excluding hydrogens is 484 g/mol. The second kappa shape index (κ2) is 13.6. The van der Waals surface area contributed by atoms with Crippen LogP contribution in [0.2, 0.25) is 0 Å². The van der Waals surface area contributed by atoms with E-state index in [1.807, 2.05) is 48.5 Å². The lowest BCUT2D eigenvalue weighted by molar-refractivity contribution is -0.160. The van der Waals surface area contributed by atoms with E-state index in [0.717, 1.165) is 22.8 Å². The Morgan fingerprint density at radius 1 is 0.842 bits per heavy atom. The van der Waals surface area contributed by atoms with Gasteiger partial charge in [-0.3, -0.25) is 0 Å². The van der Waals surface area contributed by atoms with E-state index in [4.69, 9.17) is 23.7 Å². The van der Waals surface area contributed by atoms with Gasteiger partial charge in [-0.05, 0) is 60.8 Å². The molecule has 0 N–H and O–H groups in total. The molecule has 4 rings (SSSR count). The Bertz CT molecular complexity index is 1040. The maximum absolute atomic E-state index is 12.0. The Morgan fingerprint density at radius 3 is 1.92 bits per heavy atom. The van der Waals surface area contributed by atoms with Gasteiger partial charge in [0, 0.05) is 5.56 Å². The van der Waals surface area contributed by atoms with Crippen molar-refractivity contribution in [3.63, 3.8) is 0 Å². The normalized spacial score (nSPS) is 23.9. The Labute approximate surface area is 225 Å². The fourth-order valence-electron chi connectivity index (χ4n) is 5.24. The first-order valence-electron chi connectivity index (χ1n) is 13.5. The number of carbonyl (C=O) groups excluding carboxylic acids is 2. The first kappa shape index (κ1) is 27.9. The zero-order valence-electron chi connectivity index (χ0n) is 22.5. The monoisotopic (exact) mass is 522 g/mol. The highest BCUT2D eigenvalue weighted by molar-refractivity contribution is 5.86. The number of hydrogen-bond acceptors (Lipinski definition) is 7. The number of benzene rings is 2. The topological polar surface area (TPSA) is 80.3 Å². The summed E-state index contributed by atoms with van der Waals surface area (Å²) in [5.74, 6) is 1.07. The third-order valence-electron chi connectivity index (χ3n) is 7.40. The van der Waals surface area contributed by atoms with E-state index in [9.17, 15) is 9.59 Å². The molecule has 2 aliphatic rings. The highest BCUT2D eigenvalue weighted by atomic mass is 16.8. The van der Waals surface area contributed by atoms with Crippen LogP contribution >= 0.6 is 0 Å². The maximum Gasteiger partial charge on any atom is 0.338 e. The molecule has 0 aromatic heterocycles. The summed E-state index contributed by atoms with van der Waals surface area (Å²) in [5.41, 5.74) is 2.72. The molecule has 1 saturated carbocycles. The average molecular weight is 523 g/mol. The molecule has 1 saturated heterocycles. The van der Waals surface area contributed by atoms with E-state index >= 15 is 0 Å². The van der Waals surface area contributed by atoms with Crippen molar-refractivity contribution in [1.82, 2.24) is 0 Å². The molecule has 2 aromatic carbocycles. The standard InChI is InChI=1S/C31H38O7/c1-4-6-21-8-10-22(11-9-21)7-5-20-36-26-18-16-24(17-19-26)23-12-14-25(15-13-23)31-37-27(29(32)34-2)28(38-31)30(33)35-3/h5,7,12-19,21-22,27-28,31H,4,6,8-11,20H2,1-3H3/t21?,22?,27-,28-/m1/s1. The van der Waals surface area contributed by atoms with Crippen molar-refractivity contribution < 1.29 is 33.3 Å². The number of carbonyl (C=O) groups is 2. The summed E-state index contributed by atoms with van der Waals surface area (Å²) in [5, 5.41) is 0. The number of hydrogen-bond donors (Lipinski definition) is 0. The van der Waals surface area contributed by atoms with Crippen LogP contribution in [0.25, 0.3) is 11.1 Å². The van der Waals surface area contributed by atoms with Crippen LogP contribution in [0.3, 0.4) is 0 Å². The molecule has 0 bridgehead atoms.